The Kier molecular flexibility index (Phi) is 6.03. The molecule has 2 aromatic carbocycles. The fourth-order valence-corrected chi connectivity index (χ4v) is 2.08. The highest BCUT2D eigenvalue weighted by atomic mass is 35.5. The van der Waals surface area contributed by atoms with Crippen LogP contribution in [0.4, 0.5) is 18.9 Å². The number of rotatable bonds is 5. The Hall–Kier alpha value is -2.54. The van der Waals surface area contributed by atoms with Crippen molar-refractivity contribution in [1.29, 1.82) is 0 Å². The molecule has 132 valence electrons. The molecule has 0 fully saturated rings. The molecule has 0 aliphatic rings. The lowest BCUT2D eigenvalue weighted by atomic mass is 10.2. The number of halogens is 4. The third-order valence-corrected chi connectivity index (χ3v) is 3.47. The maximum absolute atomic E-state index is 12.5. The molecule has 2 aromatic rings. The van der Waals surface area contributed by atoms with Gasteiger partial charge in [0.25, 0.3) is 0 Å². The number of alkyl halides is 3. The Balaban J connectivity index is 1.81. The molecule has 0 bridgehead atoms. The van der Waals surface area contributed by atoms with Crippen LogP contribution in [0.2, 0.25) is 5.02 Å². The molecule has 0 aliphatic carbocycles. The van der Waals surface area contributed by atoms with Crippen LogP contribution in [0.5, 0.6) is 0 Å². The number of carbonyl (C=O) groups is 2. The van der Waals surface area contributed by atoms with Gasteiger partial charge in [-0.1, -0.05) is 23.7 Å². The van der Waals surface area contributed by atoms with E-state index in [-0.39, 0.29) is 12.2 Å². The van der Waals surface area contributed by atoms with Crippen LogP contribution in [0.25, 0.3) is 0 Å². The first kappa shape index (κ1) is 18.8. The van der Waals surface area contributed by atoms with Gasteiger partial charge in [-0.3, -0.25) is 9.59 Å². The van der Waals surface area contributed by atoms with E-state index >= 15 is 0 Å². The van der Waals surface area contributed by atoms with E-state index in [0.717, 1.165) is 29.8 Å². The van der Waals surface area contributed by atoms with Gasteiger partial charge in [0.2, 0.25) is 11.8 Å². The second-order valence-corrected chi connectivity index (χ2v) is 5.64. The van der Waals surface area contributed by atoms with E-state index in [1.54, 1.807) is 24.3 Å². The van der Waals surface area contributed by atoms with Crippen molar-refractivity contribution >= 4 is 29.1 Å². The minimum atomic E-state index is -4.44. The second kappa shape index (κ2) is 8.02. The maximum Gasteiger partial charge on any atom is 0.416 e. The van der Waals surface area contributed by atoms with Crippen LogP contribution in [0.15, 0.2) is 48.5 Å². The summed E-state index contributed by atoms with van der Waals surface area (Å²) in [6, 6.07) is 10.8. The molecule has 2 rings (SSSR count). The van der Waals surface area contributed by atoms with Crippen LogP contribution in [-0.2, 0) is 22.3 Å². The van der Waals surface area contributed by atoms with Gasteiger partial charge in [-0.05, 0) is 42.0 Å². The highest BCUT2D eigenvalue weighted by molar-refractivity contribution is 6.30. The molecule has 0 saturated heterocycles. The van der Waals surface area contributed by atoms with Crippen LogP contribution in [0, 0.1) is 0 Å². The Morgan fingerprint density at radius 3 is 2.08 bits per heavy atom. The van der Waals surface area contributed by atoms with Crippen molar-refractivity contribution in [3.05, 3.63) is 64.7 Å². The Bertz CT molecular complexity index is 744. The Labute approximate surface area is 147 Å². The van der Waals surface area contributed by atoms with Crippen molar-refractivity contribution in [3.63, 3.8) is 0 Å². The number of amides is 2. The van der Waals surface area contributed by atoms with E-state index in [4.69, 9.17) is 11.6 Å². The number of carbonyl (C=O) groups excluding carboxylic acids is 2. The van der Waals surface area contributed by atoms with Gasteiger partial charge in [0.05, 0.1) is 5.56 Å². The zero-order valence-corrected chi connectivity index (χ0v) is 13.6. The molecule has 8 heteroatoms. The molecule has 0 atom stereocenters. The Morgan fingerprint density at radius 2 is 1.52 bits per heavy atom. The third-order valence-electron chi connectivity index (χ3n) is 3.22. The minimum Gasteiger partial charge on any atom is -0.352 e. The molecule has 0 aliphatic heterocycles. The molecule has 0 spiro atoms. The molecule has 0 heterocycles. The lowest BCUT2D eigenvalue weighted by Gasteiger charge is -2.09. The van der Waals surface area contributed by atoms with Crippen molar-refractivity contribution in [3.8, 4) is 0 Å². The van der Waals surface area contributed by atoms with E-state index in [1.165, 1.54) is 0 Å². The first-order valence-corrected chi connectivity index (χ1v) is 7.60. The highest BCUT2D eigenvalue weighted by Crippen LogP contribution is 2.29. The maximum atomic E-state index is 12.5. The first-order chi connectivity index (χ1) is 11.7. The molecule has 0 unspecified atom stereocenters. The largest absolute Gasteiger partial charge is 0.416 e. The monoisotopic (exact) mass is 370 g/mol. The van der Waals surface area contributed by atoms with Crippen molar-refractivity contribution in [1.82, 2.24) is 5.32 Å². The van der Waals surface area contributed by atoms with E-state index in [2.05, 4.69) is 10.6 Å². The van der Waals surface area contributed by atoms with Gasteiger partial charge in [0.15, 0.2) is 0 Å². The summed E-state index contributed by atoms with van der Waals surface area (Å²) in [4.78, 5) is 23.5. The van der Waals surface area contributed by atoms with Crippen molar-refractivity contribution in [2.45, 2.75) is 19.1 Å². The van der Waals surface area contributed by atoms with Crippen molar-refractivity contribution in [2.24, 2.45) is 0 Å². The number of hydrogen-bond donors (Lipinski definition) is 2. The topological polar surface area (TPSA) is 58.2 Å². The fourth-order valence-electron chi connectivity index (χ4n) is 1.96. The molecule has 2 amide bonds. The van der Waals surface area contributed by atoms with Gasteiger partial charge in [0.1, 0.15) is 6.42 Å². The summed E-state index contributed by atoms with van der Waals surface area (Å²) in [5, 5.41) is 5.52. The Morgan fingerprint density at radius 1 is 0.920 bits per heavy atom. The number of anilines is 1. The van der Waals surface area contributed by atoms with Gasteiger partial charge in [-0.15, -0.1) is 0 Å². The SMILES string of the molecule is O=C(CC(=O)Nc1ccc(C(F)(F)F)cc1)NCc1ccc(Cl)cc1. The van der Waals surface area contributed by atoms with Gasteiger partial charge >= 0.3 is 6.18 Å². The lowest BCUT2D eigenvalue weighted by Crippen LogP contribution is -2.27. The van der Waals surface area contributed by atoms with Gasteiger partial charge in [-0.2, -0.15) is 13.2 Å². The third kappa shape index (κ3) is 6.11. The molecule has 0 aromatic heterocycles. The second-order valence-electron chi connectivity index (χ2n) is 5.20. The van der Waals surface area contributed by atoms with Crippen LogP contribution in [0.3, 0.4) is 0 Å². The quantitative estimate of drug-likeness (QED) is 0.781. The number of benzene rings is 2. The van der Waals surface area contributed by atoms with E-state index < -0.39 is 30.0 Å². The summed E-state index contributed by atoms with van der Waals surface area (Å²) in [6.45, 7) is 0.240. The van der Waals surface area contributed by atoms with Crippen LogP contribution < -0.4 is 10.6 Å². The minimum absolute atomic E-state index is 0.184. The summed E-state index contributed by atoms with van der Waals surface area (Å²) in [5.74, 6) is -1.12. The standard InChI is InChI=1S/C17H14ClF3N2O2/c18-13-5-1-11(2-6-13)10-22-15(24)9-16(25)23-14-7-3-12(4-8-14)17(19,20)21/h1-8H,9-10H2,(H,22,24)(H,23,25). The molecule has 4 nitrogen and oxygen atoms in total. The zero-order chi connectivity index (χ0) is 18.4. The van der Waals surface area contributed by atoms with Crippen LogP contribution >= 0.6 is 11.6 Å². The van der Waals surface area contributed by atoms with Crippen LogP contribution in [-0.4, -0.2) is 11.8 Å². The van der Waals surface area contributed by atoms with Crippen LogP contribution in [0.1, 0.15) is 17.5 Å². The predicted molar refractivity (Wildman–Crippen MR) is 88.0 cm³/mol. The van der Waals surface area contributed by atoms with E-state index in [0.29, 0.717) is 5.02 Å². The summed E-state index contributed by atoms with van der Waals surface area (Å²) >= 11 is 5.75. The molecule has 0 saturated carbocycles. The molecule has 0 radical (unpaired) electrons. The summed E-state index contributed by atoms with van der Waals surface area (Å²) in [5.41, 5.74) is 0.190. The smallest absolute Gasteiger partial charge is 0.352 e. The first-order valence-electron chi connectivity index (χ1n) is 7.22. The van der Waals surface area contributed by atoms with E-state index in [1.807, 2.05) is 0 Å². The van der Waals surface area contributed by atoms with Gasteiger partial charge < -0.3 is 10.6 Å². The normalized spacial score (nSPS) is 11.0. The van der Waals surface area contributed by atoms with Crippen molar-refractivity contribution in [2.75, 3.05) is 5.32 Å². The average molecular weight is 371 g/mol. The summed E-state index contributed by atoms with van der Waals surface area (Å²) in [6.07, 6.45) is -4.88. The van der Waals surface area contributed by atoms with E-state index in [9.17, 15) is 22.8 Å². The molecular formula is C17H14ClF3N2O2. The number of hydrogen-bond acceptors (Lipinski definition) is 2. The lowest BCUT2D eigenvalue weighted by molar-refractivity contribution is -0.137. The molecule has 2 N–H and O–H groups in total. The molecular weight excluding hydrogens is 357 g/mol. The predicted octanol–water partition coefficient (Wildman–Crippen LogP) is 4.00. The highest BCUT2D eigenvalue weighted by Gasteiger charge is 2.29. The summed E-state index contributed by atoms with van der Waals surface area (Å²) < 4.78 is 37.4. The molecule has 25 heavy (non-hydrogen) atoms. The van der Waals surface area contributed by atoms with Gasteiger partial charge in [-0.25, -0.2) is 0 Å². The summed E-state index contributed by atoms with van der Waals surface area (Å²) in [7, 11) is 0. The fraction of sp³-hybridized carbons (Fsp3) is 0.176. The van der Waals surface area contributed by atoms with Gasteiger partial charge in [0, 0.05) is 17.3 Å². The average Bonchev–Trinajstić information content (AvgIpc) is 2.54. The van der Waals surface area contributed by atoms with Crippen molar-refractivity contribution < 1.29 is 22.8 Å². The number of nitrogens with one attached hydrogen (secondary N) is 2. The zero-order valence-electron chi connectivity index (χ0n) is 12.9.